The van der Waals surface area contributed by atoms with Crippen molar-refractivity contribution in [2.75, 3.05) is 19.6 Å². The Balaban J connectivity index is 0.00000280. The van der Waals surface area contributed by atoms with E-state index in [9.17, 15) is 4.39 Å². The molecule has 2 N–H and O–H groups in total. The molecule has 3 aromatic rings. The fourth-order valence-electron chi connectivity index (χ4n) is 2.78. The SMILES string of the molecule is Cl.NCCN(CCc1ccccc1)Cc1csc(COc2ccc(F)cc2)n1. The van der Waals surface area contributed by atoms with Crippen LogP contribution in [0.1, 0.15) is 16.3 Å². The monoisotopic (exact) mass is 421 g/mol. The number of halogens is 2. The maximum Gasteiger partial charge on any atom is 0.140 e. The van der Waals surface area contributed by atoms with Crippen LogP contribution in [0.5, 0.6) is 5.75 Å². The lowest BCUT2D eigenvalue weighted by Crippen LogP contribution is -2.31. The first-order valence-electron chi connectivity index (χ1n) is 9.01. The summed E-state index contributed by atoms with van der Waals surface area (Å²) < 4.78 is 18.6. The molecule has 150 valence electrons. The van der Waals surface area contributed by atoms with Crippen LogP contribution in [0.2, 0.25) is 0 Å². The van der Waals surface area contributed by atoms with Gasteiger partial charge in [-0.05, 0) is 36.2 Å². The summed E-state index contributed by atoms with van der Waals surface area (Å²) >= 11 is 1.58. The molecule has 2 aromatic carbocycles. The summed E-state index contributed by atoms with van der Waals surface area (Å²) in [5.74, 6) is 0.371. The van der Waals surface area contributed by atoms with Crippen molar-refractivity contribution in [1.29, 1.82) is 0 Å². The van der Waals surface area contributed by atoms with E-state index in [-0.39, 0.29) is 18.2 Å². The second-order valence-electron chi connectivity index (χ2n) is 6.28. The number of benzene rings is 2. The highest BCUT2D eigenvalue weighted by Crippen LogP contribution is 2.17. The maximum atomic E-state index is 12.9. The Hall–Kier alpha value is -1.99. The summed E-state index contributed by atoms with van der Waals surface area (Å²) in [6.45, 7) is 3.57. The van der Waals surface area contributed by atoms with E-state index in [0.29, 0.717) is 18.9 Å². The standard InChI is InChI=1S/C21H24FN3OS.ClH/c22-18-6-8-20(9-7-18)26-15-21-24-19(16-27-21)14-25(13-11-23)12-10-17-4-2-1-3-5-17;/h1-9,16H,10-15,23H2;1H. The molecule has 0 aliphatic heterocycles. The molecule has 28 heavy (non-hydrogen) atoms. The predicted octanol–water partition coefficient (Wildman–Crippen LogP) is 4.29. The van der Waals surface area contributed by atoms with Crippen molar-refractivity contribution in [3.63, 3.8) is 0 Å². The number of nitrogens with zero attached hydrogens (tertiary/aromatic N) is 2. The predicted molar refractivity (Wildman–Crippen MR) is 115 cm³/mol. The molecule has 1 aromatic heterocycles. The maximum absolute atomic E-state index is 12.9. The minimum Gasteiger partial charge on any atom is -0.486 e. The van der Waals surface area contributed by atoms with Gasteiger partial charge in [-0.3, -0.25) is 4.90 Å². The van der Waals surface area contributed by atoms with Crippen LogP contribution in [0.3, 0.4) is 0 Å². The van der Waals surface area contributed by atoms with Crippen molar-refractivity contribution in [1.82, 2.24) is 9.88 Å². The molecule has 4 nitrogen and oxygen atoms in total. The lowest BCUT2D eigenvalue weighted by atomic mass is 10.1. The lowest BCUT2D eigenvalue weighted by molar-refractivity contribution is 0.272. The number of rotatable bonds is 10. The van der Waals surface area contributed by atoms with Crippen molar-refractivity contribution in [2.45, 2.75) is 19.6 Å². The van der Waals surface area contributed by atoms with Gasteiger partial charge in [0.25, 0.3) is 0 Å². The van der Waals surface area contributed by atoms with Gasteiger partial charge in [0.2, 0.25) is 0 Å². The average molecular weight is 422 g/mol. The van der Waals surface area contributed by atoms with Crippen LogP contribution in [-0.4, -0.2) is 29.5 Å². The lowest BCUT2D eigenvalue weighted by Gasteiger charge is -2.20. The number of hydrogen-bond acceptors (Lipinski definition) is 5. The summed E-state index contributed by atoms with van der Waals surface area (Å²) in [5.41, 5.74) is 8.13. The molecule has 0 aliphatic rings. The largest absolute Gasteiger partial charge is 0.486 e. The molecule has 0 atom stereocenters. The van der Waals surface area contributed by atoms with Crippen LogP contribution in [-0.2, 0) is 19.6 Å². The van der Waals surface area contributed by atoms with Gasteiger partial charge in [0.1, 0.15) is 23.2 Å². The van der Waals surface area contributed by atoms with Crippen molar-refractivity contribution in [3.05, 3.63) is 82.1 Å². The Morgan fingerprint density at radius 3 is 2.50 bits per heavy atom. The second kappa shape index (κ2) is 11.8. The summed E-state index contributed by atoms with van der Waals surface area (Å²) in [4.78, 5) is 6.98. The number of hydrogen-bond donors (Lipinski definition) is 1. The molecule has 0 unspecified atom stereocenters. The molecular weight excluding hydrogens is 397 g/mol. The highest BCUT2D eigenvalue weighted by atomic mass is 35.5. The third-order valence-electron chi connectivity index (χ3n) is 4.17. The molecule has 1 heterocycles. The van der Waals surface area contributed by atoms with Gasteiger partial charge < -0.3 is 10.5 Å². The molecule has 0 radical (unpaired) electrons. The van der Waals surface area contributed by atoms with Crippen molar-refractivity contribution in [2.24, 2.45) is 5.73 Å². The van der Waals surface area contributed by atoms with Crippen LogP contribution < -0.4 is 10.5 Å². The van der Waals surface area contributed by atoms with E-state index < -0.39 is 0 Å². The van der Waals surface area contributed by atoms with Gasteiger partial charge in [0, 0.05) is 31.6 Å². The normalized spacial score (nSPS) is 10.7. The van der Waals surface area contributed by atoms with Crippen LogP contribution in [0.15, 0.2) is 60.0 Å². The number of aromatic nitrogens is 1. The van der Waals surface area contributed by atoms with Crippen molar-refractivity contribution < 1.29 is 9.13 Å². The number of ether oxygens (including phenoxy) is 1. The van der Waals surface area contributed by atoms with Gasteiger partial charge in [-0.25, -0.2) is 9.37 Å². The number of nitrogens with two attached hydrogens (primary N) is 1. The van der Waals surface area contributed by atoms with Gasteiger partial charge in [-0.15, -0.1) is 23.7 Å². The fourth-order valence-corrected chi connectivity index (χ4v) is 3.47. The van der Waals surface area contributed by atoms with E-state index in [2.05, 4.69) is 39.5 Å². The summed E-state index contributed by atoms with van der Waals surface area (Å²) in [5, 5.41) is 2.97. The molecule has 0 spiro atoms. The molecule has 0 amide bonds. The van der Waals surface area contributed by atoms with Gasteiger partial charge in [0.05, 0.1) is 5.69 Å². The van der Waals surface area contributed by atoms with E-state index >= 15 is 0 Å². The molecule has 7 heteroatoms. The first-order chi connectivity index (χ1) is 13.2. The van der Waals surface area contributed by atoms with Crippen LogP contribution in [0.25, 0.3) is 0 Å². The van der Waals surface area contributed by atoms with Gasteiger partial charge in [0.15, 0.2) is 0 Å². The Bertz CT molecular complexity index is 814. The molecule has 0 saturated heterocycles. The topological polar surface area (TPSA) is 51.4 Å². The van der Waals surface area contributed by atoms with Gasteiger partial charge >= 0.3 is 0 Å². The highest BCUT2D eigenvalue weighted by molar-refractivity contribution is 7.09. The van der Waals surface area contributed by atoms with Crippen molar-refractivity contribution in [3.8, 4) is 5.75 Å². The van der Waals surface area contributed by atoms with Crippen LogP contribution in [0.4, 0.5) is 4.39 Å². The van der Waals surface area contributed by atoms with E-state index in [1.165, 1.54) is 17.7 Å². The Kier molecular flexibility index (Phi) is 9.37. The first-order valence-corrected chi connectivity index (χ1v) is 9.89. The zero-order valence-corrected chi connectivity index (χ0v) is 17.2. The molecule has 0 saturated carbocycles. The van der Waals surface area contributed by atoms with E-state index in [1.54, 1.807) is 23.5 Å². The van der Waals surface area contributed by atoms with E-state index in [1.807, 2.05) is 6.07 Å². The van der Waals surface area contributed by atoms with Crippen molar-refractivity contribution >= 4 is 23.7 Å². The van der Waals surface area contributed by atoms with Crippen LogP contribution >= 0.6 is 23.7 Å². The second-order valence-corrected chi connectivity index (χ2v) is 7.22. The quantitative estimate of drug-likeness (QED) is 0.530. The molecule has 3 rings (SSSR count). The summed E-state index contributed by atoms with van der Waals surface area (Å²) in [6.07, 6.45) is 0.992. The Morgan fingerprint density at radius 2 is 1.79 bits per heavy atom. The zero-order chi connectivity index (χ0) is 18.9. The zero-order valence-electron chi connectivity index (χ0n) is 15.6. The van der Waals surface area contributed by atoms with E-state index in [0.717, 1.165) is 36.8 Å². The Morgan fingerprint density at radius 1 is 1.04 bits per heavy atom. The van der Waals surface area contributed by atoms with Gasteiger partial charge in [-0.2, -0.15) is 0 Å². The molecule has 0 aliphatic carbocycles. The van der Waals surface area contributed by atoms with Crippen LogP contribution in [0, 0.1) is 5.82 Å². The van der Waals surface area contributed by atoms with E-state index in [4.69, 9.17) is 10.5 Å². The minimum atomic E-state index is -0.269. The molecular formula is C21H25ClFN3OS. The Labute approximate surface area is 175 Å². The minimum absolute atomic E-state index is 0. The smallest absolute Gasteiger partial charge is 0.140 e. The summed E-state index contributed by atoms with van der Waals surface area (Å²) in [7, 11) is 0. The average Bonchev–Trinajstić information content (AvgIpc) is 3.14. The third-order valence-corrected chi connectivity index (χ3v) is 5.04. The molecule has 0 bridgehead atoms. The summed E-state index contributed by atoms with van der Waals surface area (Å²) in [6, 6.07) is 16.5. The molecule has 0 fully saturated rings. The fraction of sp³-hybridized carbons (Fsp3) is 0.286. The first kappa shape index (κ1) is 22.3. The third kappa shape index (κ3) is 7.20. The highest BCUT2D eigenvalue weighted by Gasteiger charge is 2.09. The number of thiazole rings is 1. The van der Waals surface area contributed by atoms with Gasteiger partial charge in [-0.1, -0.05) is 30.3 Å².